The van der Waals surface area contributed by atoms with Gasteiger partial charge in [-0.25, -0.2) is 4.79 Å². The topological polar surface area (TPSA) is 68.6 Å². The summed E-state index contributed by atoms with van der Waals surface area (Å²) in [4.78, 5) is 14.2. The van der Waals surface area contributed by atoms with Gasteiger partial charge in [0.15, 0.2) is 5.79 Å². The highest BCUT2D eigenvalue weighted by molar-refractivity contribution is 5.74. The normalized spacial score (nSPS) is 24.5. The summed E-state index contributed by atoms with van der Waals surface area (Å²) in [5.74, 6) is -0.310. The van der Waals surface area contributed by atoms with Crippen molar-refractivity contribution in [1.29, 1.82) is 0 Å². The Morgan fingerprint density at radius 1 is 1.50 bits per heavy atom. The molecule has 2 aliphatic rings. The Morgan fingerprint density at radius 3 is 2.95 bits per heavy atom. The number of likely N-dealkylation sites (tertiary alicyclic amines) is 1. The molecule has 0 bridgehead atoms. The van der Waals surface area contributed by atoms with Crippen molar-refractivity contribution in [3.8, 4) is 0 Å². The molecule has 22 heavy (non-hydrogen) atoms. The number of hydrogen-bond acceptors (Lipinski definition) is 4. The van der Waals surface area contributed by atoms with Crippen LogP contribution in [0.2, 0.25) is 0 Å². The van der Waals surface area contributed by atoms with E-state index in [2.05, 4.69) is 10.4 Å². The van der Waals surface area contributed by atoms with Crippen molar-refractivity contribution in [1.82, 2.24) is 20.0 Å². The molecule has 2 amide bonds. The zero-order valence-electron chi connectivity index (χ0n) is 13.2. The number of nitrogens with one attached hydrogen (secondary N) is 1. The molecular weight excluding hydrogens is 284 g/mol. The molecule has 2 aliphatic heterocycles. The number of urea groups is 1. The largest absolute Gasteiger partial charge is 0.347 e. The van der Waals surface area contributed by atoms with Crippen LogP contribution < -0.4 is 5.32 Å². The molecule has 2 fully saturated rings. The number of piperidine rings is 1. The van der Waals surface area contributed by atoms with Crippen LogP contribution in [0.1, 0.15) is 25.3 Å². The SMILES string of the molecule is Cn1cc(CNC(=O)N2CCC[C@@H](C3(C)OCCO3)C2)cn1. The first-order valence-electron chi connectivity index (χ1n) is 7.85. The standard InChI is InChI=1S/C15H24N4O3/c1-15(21-6-7-22-15)13-4-3-5-19(11-13)14(20)16-8-12-9-17-18(2)10-12/h9-10,13H,3-8,11H2,1-2H3,(H,16,20)/t13-/m1/s1. The highest BCUT2D eigenvalue weighted by Crippen LogP contribution is 2.34. The Kier molecular flexibility index (Phi) is 4.35. The third-order valence-electron chi connectivity index (χ3n) is 4.51. The molecule has 0 spiro atoms. The summed E-state index contributed by atoms with van der Waals surface area (Å²) >= 11 is 0. The van der Waals surface area contributed by atoms with Crippen LogP contribution in [0.15, 0.2) is 12.4 Å². The maximum absolute atomic E-state index is 12.3. The number of ether oxygens (including phenoxy) is 2. The maximum Gasteiger partial charge on any atom is 0.317 e. The van der Waals surface area contributed by atoms with Crippen LogP contribution in [-0.2, 0) is 23.1 Å². The predicted octanol–water partition coefficient (Wildman–Crippen LogP) is 1.10. The summed E-state index contributed by atoms with van der Waals surface area (Å²) in [7, 11) is 1.86. The molecule has 7 nitrogen and oxygen atoms in total. The lowest BCUT2D eigenvalue weighted by Crippen LogP contribution is -2.51. The molecule has 1 aromatic heterocycles. The van der Waals surface area contributed by atoms with Crippen LogP contribution in [0, 0.1) is 5.92 Å². The van der Waals surface area contributed by atoms with Crippen LogP contribution in [-0.4, -0.2) is 52.8 Å². The van der Waals surface area contributed by atoms with Gasteiger partial charge in [-0.15, -0.1) is 0 Å². The van der Waals surface area contributed by atoms with E-state index in [9.17, 15) is 4.79 Å². The van der Waals surface area contributed by atoms with Gasteiger partial charge in [0.05, 0.1) is 19.4 Å². The van der Waals surface area contributed by atoms with Crippen molar-refractivity contribution in [2.45, 2.75) is 32.1 Å². The molecule has 0 radical (unpaired) electrons. The summed E-state index contributed by atoms with van der Waals surface area (Å²) in [5, 5.41) is 7.06. The van der Waals surface area contributed by atoms with Gasteiger partial charge >= 0.3 is 6.03 Å². The Bertz CT molecular complexity index is 525. The van der Waals surface area contributed by atoms with Crippen molar-refractivity contribution < 1.29 is 14.3 Å². The van der Waals surface area contributed by atoms with Gasteiger partial charge in [-0.1, -0.05) is 0 Å². The van der Waals surface area contributed by atoms with Gasteiger partial charge in [-0.3, -0.25) is 4.68 Å². The first-order chi connectivity index (χ1) is 10.6. The lowest BCUT2D eigenvalue weighted by Gasteiger charge is -2.39. The second-order valence-corrected chi connectivity index (χ2v) is 6.18. The van der Waals surface area contributed by atoms with Gasteiger partial charge in [0.1, 0.15) is 0 Å². The Balaban J connectivity index is 1.53. The average Bonchev–Trinajstić information content (AvgIpc) is 3.14. The molecule has 1 aromatic rings. The van der Waals surface area contributed by atoms with Gasteiger partial charge in [-0.05, 0) is 19.8 Å². The number of rotatable bonds is 3. The summed E-state index contributed by atoms with van der Waals surface area (Å²) in [6.07, 6.45) is 5.68. The molecule has 1 N–H and O–H groups in total. The third kappa shape index (κ3) is 3.25. The van der Waals surface area contributed by atoms with E-state index in [1.165, 1.54) is 0 Å². The fourth-order valence-electron chi connectivity index (χ4n) is 3.21. The number of aryl methyl sites for hydroxylation is 1. The van der Waals surface area contributed by atoms with Crippen LogP contribution in [0.4, 0.5) is 4.79 Å². The second kappa shape index (κ2) is 6.26. The highest BCUT2D eigenvalue weighted by Gasteiger charge is 2.42. The van der Waals surface area contributed by atoms with Crippen molar-refractivity contribution in [2.75, 3.05) is 26.3 Å². The molecule has 122 valence electrons. The minimum Gasteiger partial charge on any atom is -0.347 e. The molecule has 2 saturated heterocycles. The van der Waals surface area contributed by atoms with Gasteiger partial charge < -0.3 is 19.7 Å². The first-order valence-corrected chi connectivity index (χ1v) is 7.85. The molecule has 0 aromatic carbocycles. The van der Waals surface area contributed by atoms with Crippen molar-refractivity contribution in [3.05, 3.63) is 18.0 Å². The van der Waals surface area contributed by atoms with E-state index in [0.29, 0.717) is 26.3 Å². The number of aromatic nitrogens is 2. The fraction of sp³-hybridized carbons (Fsp3) is 0.733. The Morgan fingerprint density at radius 2 is 2.27 bits per heavy atom. The lowest BCUT2D eigenvalue weighted by molar-refractivity contribution is -0.189. The molecule has 0 saturated carbocycles. The van der Waals surface area contributed by atoms with Gasteiger partial charge in [-0.2, -0.15) is 5.10 Å². The number of amides is 2. The zero-order chi connectivity index (χ0) is 15.6. The van der Waals surface area contributed by atoms with Crippen LogP contribution in [0.25, 0.3) is 0 Å². The number of carbonyl (C=O) groups excluding carboxylic acids is 1. The van der Waals surface area contributed by atoms with Crippen LogP contribution in [0.3, 0.4) is 0 Å². The first kappa shape index (κ1) is 15.3. The maximum atomic E-state index is 12.3. The van der Waals surface area contributed by atoms with Crippen molar-refractivity contribution >= 4 is 6.03 Å². The van der Waals surface area contributed by atoms with Crippen LogP contribution in [0.5, 0.6) is 0 Å². The summed E-state index contributed by atoms with van der Waals surface area (Å²) < 4.78 is 13.2. The lowest BCUT2D eigenvalue weighted by atomic mass is 9.90. The molecule has 3 rings (SSSR count). The average molecular weight is 308 g/mol. The Hall–Kier alpha value is -1.60. The van der Waals surface area contributed by atoms with E-state index >= 15 is 0 Å². The molecular formula is C15H24N4O3. The van der Waals surface area contributed by atoms with E-state index < -0.39 is 5.79 Å². The van der Waals surface area contributed by atoms with E-state index in [0.717, 1.165) is 24.9 Å². The summed E-state index contributed by atoms with van der Waals surface area (Å²) in [5.41, 5.74) is 0.999. The van der Waals surface area contributed by atoms with E-state index in [4.69, 9.17) is 9.47 Å². The fourth-order valence-corrected chi connectivity index (χ4v) is 3.21. The minimum atomic E-state index is -0.539. The van der Waals surface area contributed by atoms with Gasteiger partial charge in [0.2, 0.25) is 0 Å². The Labute approximate surface area is 130 Å². The molecule has 0 aliphatic carbocycles. The minimum absolute atomic E-state index is 0.0323. The number of nitrogens with zero attached hydrogens (tertiary/aromatic N) is 3. The van der Waals surface area contributed by atoms with Gasteiger partial charge in [0, 0.05) is 44.4 Å². The van der Waals surface area contributed by atoms with E-state index in [-0.39, 0.29) is 11.9 Å². The highest BCUT2D eigenvalue weighted by atomic mass is 16.7. The quantitative estimate of drug-likeness (QED) is 0.908. The van der Waals surface area contributed by atoms with Gasteiger partial charge in [0.25, 0.3) is 0 Å². The summed E-state index contributed by atoms with van der Waals surface area (Å²) in [6, 6.07) is -0.0323. The number of carbonyl (C=O) groups is 1. The third-order valence-corrected chi connectivity index (χ3v) is 4.51. The van der Waals surface area contributed by atoms with Crippen molar-refractivity contribution in [3.63, 3.8) is 0 Å². The molecule has 3 heterocycles. The monoisotopic (exact) mass is 308 g/mol. The molecule has 1 atom stereocenters. The van der Waals surface area contributed by atoms with Crippen LogP contribution >= 0.6 is 0 Å². The summed E-state index contributed by atoms with van der Waals surface area (Å²) in [6.45, 7) is 5.22. The molecule has 0 unspecified atom stereocenters. The molecule has 7 heteroatoms. The van der Waals surface area contributed by atoms with Crippen molar-refractivity contribution in [2.24, 2.45) is 13.0 Å². The smallest absolute Gasteiger partial charge is 0.317 e. The van der Waals surface area contributed by atoms with E-state index in [1.807, 2.05) is 25.1 Å². The van der Waals surface area contributed by atoms with E-state index in [1.54, 1.807) is 10.9 Å². The predicted molar refractivity (Wildman–Crippen MR) is 80.0 cm³/mol. The zero-order valence-corrected chi connectivity index (χ0v) is 13.2. The second-order valence-electron chi connectivity index (χ2n) is 6.18. The number of hydrogen-bond donors (Lipinski definition) is 1.